The summed E-state index contributed by atoms with van der Waals surface area (Å²) in [6.07, 6.45) is 0.717. The number of aryl methyl sites for hydroxylation is 1. The zero-order valence-corrected chi connectivity index (χ0v) is 11.0. The maximum absolute atomic E-state index is 10.6. The van der Waals surface area contributed by atoms with Crippen LogP contribution in [-0.4, -0.2) is 21.5 Å². The number of rotatable bonds is 5. The van der Waals surface area contributed by atoms with Crippen molar-refractivity contribution >= 4 is 22.8 Å². The average molecular weight is 280 g/mol. The van der Waals surface area contributed by atoms with Gasteiger partial charge in [-0.25, -0.2) is 4.98 Å². The lowest BCUT2D eigenvalue weighted by molar-refractivity contribution is -0.384. The molecule has 0 spiro atoms. The Morgan fingerprint density at radius 3 is 2.89 bits per heavy atom. The second-order valence-corrected chi connectivity index (χ2v) is 4.71. The number of ether oxygens (including phenoxy) is 1. The SMILES string of the molecule is Cc1ncsc1CCOc1ccc([N+](=O)[O-])c(N)n1. The summed E-state index contributed by atoms with van der Waals surface area (Å²) in [7, 11) is 0. The molecule has 0 bridgehead atoms. The Morgan fingerprint density at radius 1 is 1.53 bits per heavy atom. The van der Waals surface area contributed by atoms with Crippen molar-refractivity contribution < 1.29 is 9.66 Å². The average Bonchev–Trinajstić information content (AvgIpc) is 2.75. The van der Waals surface area contributed by atoms with E-state index in [1.807, 2.05) is 6.92 Å². The monoisotopic (exact) mass is 280 g/mol. The highest BCUT2D eigenvalue weighted by Crippen LogP contribution is 2.22. The number of nitrogens with zero attached hydrogens (tertiary/aromatic N) is 3. The van der Waals surface area contributed by atoms with Crippen molar-refractivity contribution in [2.75, 3.05) is 12.3 Å². The van der Waals surface area contributed by atoms with Crippen molar-refractivity contribution in [3.05, 3.63) is 38.3 Å². The van der Waals surface area contributed by atoms with Crippen LogP contribution in [-0.2, 0) is 6.42 Å². The van der Waals surface area contributed by atoms with Crippen LogP contribution in [0.2, 0.25) is 0 Å². The van der Waals surface area contributed by atoms with Crippen molar-refractivity contribution in [3.63, 3.8) is 0 Å². The van der Waals surface area contributed by atoms with Gasteiger partial charge in [-0.3, -0.25) is 10.1 Å². The maximum Gasteiger partial charge on any atom is 0.311 e. The summed E-state index contributed by atoms with van der Waals surface area (Å²) in [5, 5.41) is 10.6. The molecule has 2 aromatic rings. The van der Waals surface area contributed by atoms with Crippen LogP contribution < -0.4 is 10.5 Å². The fourth-order valence-electron chi connectivity index (χ4n) is 1.50. The number of nitrogen functional groups attached to an aromatic ring is 1. The summed E-state index contributed by atoms with van der Waals surface area (Å²) in [5.74, 6) is 0.140. The van der Waals surface area contributed by atoms with Crippen LogP contribution in [0.4, 0.5) is 11.5 Å². The van der Waals surface area contributed by atoms with Gasteiger partial charge in [0.25, 0.3) is 0 Å². The first-order valence-corrected chi connectivity index (χ1v) is 6.38. The maximum atomic E-state index is 10.6. The molecule has 0 amide bonds. The topological polar surface area (TPSA) is 104 Å². The summed E-state index contributed by atoms with van der Waals surface area (Å²) < 4.78 is 5.42. The Bertz CT molecular complexity index is 599. The highest BCUT2D eigenvalue weighted by Gasteiger charge is 2.13. The van der Waals surface area contributed by atoms with Crippen molar-refractivity contribution in [2.24, 2.45) is 0 Å². The summed E-state index contributed by atoms with van der Waals surface area (Å²) in [6.45, 7) is 2.36. The Labute approximate surface area is 113 Å². The smallest absolute Gasteiger partial charge is 0.311 e. The quantitative estimate of drug-likeness (QED) is 0.663. The van der Waals surface area contributed by atoms with E-state index in [1.165, 1.54) is 12.1 Å². The molecule has 0 unspecified atom stereocenters. The number of nitro groups is 1. The van der Waals surface area contributed by atoms with E-state index >= 15 is 0 Å². The van der Waals surface area contributed by atoms with Gasteiger partial charge in [-0.1, -0.05) is 0 Å². The van der Waals surface area contributed by atoms with E-state index in [9.17, 15) is 10.1 Å². The van der Waals surface area contributed by atoms with E-state index in [-0.39, 0.29) is 17.4 Å². The molecular formula is C11H12N4O3S. The van der Waals surface area contributed by atoms with E-state index in [0.717, 1.165) is 17.0 Å². The number of hydrogen-bond donors (Lipinski definition) is 1. The van der Waals surface area contributed by atoms with Gasteiger partial charge in [-0.2, -0.15) is 4.98 Å². The molecule has 100 valence electrons. The van der Waals surface area contributed by atoms with Gasteiger partial charge in [0.05, 0.1) is 22.7 Å². The predicted molar refractivity (Wildman–Crippen MR) is 71.4 cm³/mol. The van der Waals surface area contributed by atoms with E-state index in [1.54, 1.807) is 16.8 Å². The van der Waals surface area contributed by atoms with E-state index in [4.69, 9.17) is 10.5 Å². The Morgan fingerprint density at radius 2 is 2.32 bits per heavy atom. The molecule has 7 nitrogen and oxygen atoms in total. The van der Waals surface area contributed by atoms with Gasteiger partial charge in [0.2, 0.25) is 11.7 Å². The van der Waals surface area contributed by atoms with Crippen molar-refractivity contribution in [1.82, 2.24) is 9.97 Å². The number of hydrogen-bond acceptors (Lipinski definition) is 7. The number of nitrogens with two attached hydrogens (primary N) is 1. The van der Waals surface area contributed by atoms with E-state index < -0.39 is 4.92 Å². The third kappa shape index (κ3) is 3.16. The first-order valence-electron chi connectivity index (χ1n) is 5.50. The molecule has 0 aliphatic rings. The number of anilines is 1. The van der Waals surface area contributed by atoms with Gasteiger partial charge in [-0.05, 0) is 6.92 Å². The molecule has 2 N–H and O–H groups in total. The third-order valence-corrected chi connectivity index (χ3v) is 3.49. The van der Waals surface area contributed by atoms with Gasteiger partial charge in [0.1, 0.15) is 0 Å². The van der Waals surface area contributed by atoms with Crippen LogP contribution in [0.1, 0.15) is 10.6 Å². The Kier molecular flexibility index (Phi) is 3.91. The third-order valence-electron chi connectivity index (χ3n) is 2.50. The van der Waals surface area contributed by atoms with Crippen LogP contribution >= 0.6 is 11.3 Å². The first-order chi connectivity index (χ1) is 9.08. The fraction of sp³-hybridized carbons (Fsp3) is 0.273. The molecular weight excluding hydrogens is 268 g/mol. The second-order valence-electron chi connectivity index (χ2n) is 3.77. The Hall–Kier alpha value is -2.22. The lowest BCUT2D eigenvalue weighted by atomic mass is 10.3. The summed E-state index contributed by atoms with van der Waals surface area (Å²) >= 11 is 1.57. The molecule has 2 rings (SSSR count). The summed E-state index contributed by atoms with van der Waals surface area (Å²) in [5.41, 5.74) is 8.03. The second kappa shape index (κ2) is 5.61. The highest BCUT2D eigenvalue weighted by atomic mass is 32.1. The molecule has 0 atom stereocenters. The minimum absolute atomic E-state index is 0.142. The predicted octanol–water partition coefficient (Wildman–Crippen LogP) is 1.96. The number of aromatic nitrogens is 2. The summed E-state index contributed by atoms with van der Waals surface area (Å²) in [6, 6.07) is 2.73. The summed E-state index contributed by atoms with van der Waals surface area (Å²) in [4.78, 5) is 19.1. The molecule has 0 saturated carbocycles. The van der Waals surface area contributed by atoms with Crippen LogP contribution in [0.25, 0.3) is 0 Å². The lowest BCUT2D eigenvalue weighted by Gasteiger charge is -2.05. The molecule has 0 aliphatic heterocycles. The number of thiazole rings is 1. The number of pyridine rings is 1. The Balaban J connectivity index is 1.95. The van der Waals surface area contributed by atoms with Gasteiger partial charge in [0, 0.05) is 23.4 Å². The lowest BCUT2D eigenvalue weighted by Crippen LogP contribution is -2.05. The minimum atomic E-state index is -0.577. The molecule has 2 heterocycles. The minimum Gasteiger partial charge on any atom is -0.477 e. The zero-order chi connectivity index (χ0) is 13.8. The largest absolute Gasteiger partial charge is 0.477 e. The van der Waals surface area contributed by atoms with Crippen molar-refractivity contribution in [2.45, 2.75) is 13.3 Å². The first kappa shape index (κ1) is 13.2. The van der Waals surface area contributed by atoms with Gasteiger partial charge >= 0.3 is 5.69 Å². The van der Waals surface area contributed by atoms with E-state index in [2.05, 4.69) is 9.97 Å². The van der Waals surface area contributed by atoms with Crippen LogP contribution in [0.5, 0.6) is 5.88 Å². The molecule has 0 aromatic carbocycles. The normalized spacial score (nSPS) is 10.4. The molecule has 0 radical (unpaired) electrons. The highest BCUT2D eigenvalue weighted by molar-refractivity contribution is 7.09. The molecule has 0 fully saturated rings. The van der Waals surface area contributed by atoms with Gasteiger partial charge in [-0.15, -0.1) is 11.3 Å². The fourth-order valence-corrected chi connectivity index (χ4v) is 2.26. The van der Waals surface area contributed by atoms with Gasteiger partial charge < -0.3 is 10.5 Å². The zero-order valence-electron chi connectivity index (χ0n) is 10.2. The van der Waals surface area contributed by atoms with Crippen molar-refractivity contribution in [1.29, 1.82) is 0 Å². The molecule has 8 heteroatoms. The van der Waals surface area contributed by atoms with Crippen LogP contribution in [0.3, 0.4) is 0 Å². The van der Waals surface area contributed by atoms with Gasteiger partial charge in [0.15, 0.2) is 0 Å². The van der Waals surface area contributed by atoms with Crippen molar-refractivity contribution in [3.8, 4) is 5.88 Å². The van der Waals surface area contributed by atoms with E-state index in [0.29, 0.717) is 6.61 Å². The molecule has 19 heavy (non-hydrogen) atoms. The van der Waals surface area contributed by atoms with Crippen LogP contribution in [0, 0.1) is 17.0 Å². The molecule has 0 aliphatic carbocycles. The molecule has 2 aromatic heterocycles. The standard InChI is InChI=1S/C11H12N4O3S/c1-7-9(19-6-13-7)4-5-18-10-3-2-8(15(16)17)11(12)14-10/h2-3,6H,4-5H2,1H3,(H2,12,14). The molecule has 0 saturated heterocycles. The van der Waals surface area contributed by atoms with Crippen LogP contribution in [0.15, 0.2) is 17.6 Å².